The van der Waals surface area contributed by atoms with Crippen LogP contribution in [0.15, 0.2) is 77.9 Å². The molecule has 7 heteroatoms. The number of para-hydroxylation sites is 1. The Balaban J connectivity index is 1.58. The lowest BCUT2D eigenvalue weighted by atomic mass is 10.2. The van der Waals surface area contributed by atoms with Gasteiger partial charge in [-0.2, -0.15) is 5.10 Å². The maximum atomic E-state index is 13.7. The highest BCUT2D eigenvalue weighted by molar-refractivity contribution is 7.80. The van der Waals surface area contributed by atoms with Crippen LogP contribution in [0.2, 0.25) is 0 Å². The number of benzene rings is 3. The third kappa shape index (κ3) is 6.02. The summed E-state index contributed by atoms with van der Waals surface area (Å²) in [4.78, 5) is 0. The number of nitrogens with one attached hydrogen (secondary N) is 2. The molecule has 2 N–H and O–H groups in total. The summed E-state index contributed by atoms with van der Waals surface area (Å²) in [5, 5.41) is 7.53. The highest BCUT2D eigenvalue weighted by atomic mass is 32.1. The number of nitrogens with zero attached hydrogens (tertiary/aromatic N) is 1. The van der Waals surface area contributed by atoms with Crippen molar-refractivity contribution in [1.29, 1.82) is 0 Å². The lowest BCUT2D eigenvalue weighted by Gasteiger charge is -2.12. The fourth-order valence-electron chi connectivity index (χ4n) is 2.50. The largest absolute Gasteiger partial charge is 0.493 e. The number of rotatable bonds is 7. The van der Waals surface area contributed by atoms with Crippen molar-refractivity contribution in [2.45, 2.75) is 6.61 Å². The number of ether oxygens (including phenoxy) is 2. The third-order valence-corrected chi connectivity index (χ3v) is 4.13. The van der Waals surface area contributed by atoms with E-state index in [0.29, 0.717) is 22.2 Å². The number of anilines is 1. The second-order valence-corrected chi connectivity index (χ2v) is 6.39. The summed E-state index contributed by atoms with van der Waals surface area (Å²) < 4.78 is 24.8. The van der Waals surface area contributed by atoms with E-state index in [1.165, 1.54) is 6.07 Å². The molecule has 0 unspecified atom stereocenters. The van der Waals surface area contributed by atoms with Crippen LogP contribution in [0, 0.1) is 5.82 Å². The van der Waals surface area contributed by atoms with E-state index in [-0.39, 0.29) is 12.4 Å². The molecule has 0 aromatic heterocycles. The molecule has 0 spiro atoms. The fraction of sp³-hybridized carbons (Fsp3) is 0.0909. The Kier molecular flexibility index (Phi) is 7.13. The first kappa shape index (κ1) is 20.3. The Bertz CT molecular complexity index is 996. The highest BCUT2D eigenvalue weighted by Gasteiger charge is 2.07. The first-order chi connectivity index (χ1) is 14.2. The normalized spacial score (nSPS) is 10.6. The molecule has 0 radical (unpaired) electrons. The average molecular weight is 409 g/mol. The predicted molar refractivity (Wildman–Crippen MR) is 117 cm³/mol. The standard InChI is InChI=1S/C22H20FN3O2S/c1-27-21-13-16(14-24-26-22(29)25-18-8-3-2-4-9-18)11-12-20(21)28-15-17-7-5-6-10-19(17)23/h2-14H,15H2,1H3,(H2,25,26,29)/b24-14+. The highest BCUT2D eigenvalue weighted by Crippen LogP contribution is 2.28. The molecule has 0 amide bonds. The molecule has 29 heavy (non-hydrogen) atoms. The van der Waals surface area contributed by atoms with Crippen molar-refractivity contribution in [3.05, 3.63) is 89.7 Å². The van der Waals surface area contributed by atoms with E-state index in [2.05, 4.69) is 15.8 Å². The number of halogens is 1. The smallest absolute Gasteiger partial charge is 0.191 e. The fourth-order valence-corrected chi connectivity index (χ4v) is 2.67. The van der Waals surface area contributed by atoms with E-state index in [9.17, 15) is 4.39 Å². The van der Waals surface area contributed by atoms with Crippen molar-refractivity contribution in [3.8, 4) is 11.5 Å². The molecule has 0 heterocycles. The first-order valence-corrected chi connectivity index (χ1v) is 9.26. The van der Waals surface area contributed by atoms with Crippen LogP contribution in [0.3, 0.4) is 0 Å². The summed E-state index contributed by atoms with van der Waals surface area (Å²) in [5.74, 6) is 0.735. The van der Waals surface area contributed by atoms with Crippen LogP contribution < -0.4 is 20.2 Å². The topological polar surface area (TPSA) is 54.9 Å². The summed E-state index contributed by atoms with van der Waals surface area (Å²) in [7, 11) is 1.55. The van der Waals surface area contributed by atoms with Crippen LogP contribution in [0.25, 0.3) is 0 Å². The molecule has 3 aromatic carbocycles. The van der Waals surface area contributed by atoms with Gasteiger partial charge in [-0.15, -0.1) is 0 Å². The van der Waals surface area contributed by atoms with Crippen LogP contribution >= 0.6 is 12.2 Å². The van der Waals surface area contributed by atoms with Crippen LogP contribution in [-0.4, -0.2) is 18.4 Å². The van der Waals surface area contributed by atoms with Gasteiger partial charge in [-0.05, 0) is 54.2 Å². The van der Waals surface area contributed by atoms with Crippen molar-refractivity contribution < 1.29 is 13.9 Å². The van der Waals surface area contributed by atoms with Gasteiger partial charge in [0.25, 0.3) is 0 Å². The molecular weight excluding hydrogens is 389 g/mol. The zero-order valence-corrected chi connectivity index (χ0v) is 16.6. The number of methoxy groups -OCH3 is 1. The Morgan fingerprint density at radius 1 is 1.03 bits per heavy atom. The monoisotopic (exact) mass is 409 g/mol. The second-order valence-electron chi connectivity index (χ2n) is 5.98. The van der Waals surface area contributed by atoms with E-state index in [0.717, 1.165) is 11.3 Å². The number of hydrogen-bond donors (Lipinski definition) is 2. The van der Waals surface area contributed by atoms with Gasteiger partial charge in [0.05, 0.1) is 13.3 Å². The van der Waals surface area contributed by atoms with Gasteiger partial charge >= 0.3 is 0 Å². The molecule has 3 rings (SSSR count). The van der Waals surface area contributed by atoms with E-state index in [1.54, 1.807) is 43.7 Å². The van der Waals surface area contributed by atoms with E-state index in [1.807, 2.05) is 36.4 Å². The molecule has 5 nitrogen and oxygen atoms in total. The Hall–Kier alpha value is -3.45. The summed E-state index contributed by atoms with van der Waals surface area (Å²) in [6.45, 7) is 0.109. The minimum atomic E-state index is -0.304. The Morgan fingerprint density at radius 3 is 2.55 bits per heavy atom. The molecule has 0 saturated heterocycles. The van der Waals surface area contributed by atoms with Crippen molar-refractivity contribution in [2.24, 2.45) is 5.10 Å². The summed E-state index contributed by atoms with van der Waals surface area (Å²) >= 11 is 5.20. The molecule has 0 bridgehead atoms. The maximum Gasteiger partial charge on any atom is 0.191 e. The lowest BCUT2D eigenvalue weighted by Crippen LogP contribution is -2.23. The van der Waals surface area contributed by atoms with Gasteiger partial charge in [0, 0.05) is 11.3 Å². The zero-order chi connectivity index (χ0) is 20.5. The van der Waals surface area contributed by atoms with E-state index >= 15 is 0 Å². The Labute approximate surface area is 174 Å². The average Bonchev–Trinajstić information content (AvgIpc) is 2.74. The predicted octanol–water partition coefficient (Wildman–Crippen LogP) is 4.73. The van der Waals surface area contributed by atoms with Gasteiger partial charge in [0.1, 0.15) is 12.4 Å². The lowest BCUT2D eigenvalue weighted by molar-refractivity contribution is 0.279. The minimum Gasteiger partial charge on any atom is -0.493 e. The Morgan fingerprint density at radius 2 is 1.79 bits per heavy atom. The van der Waals surface area contributed by atoms with Crippen LogP contribution in [0.5, 0.6) is 11.5 Å². The van der Waals surface area contributed by atoms with Gasteiger partial charge in [0.15, 0.2) is 16.6 Å². The van der Waals surface area contributed by atoms with Gasteiger partial charge in [-0.1, -0.05) is 36.4 Å². The van der Waals surface area contributed by atoms with E-state index in [4.69, 9.17) is 21.7 Å². The number of thiocarbonyl (C=S) groups is 1. The molecule has 0 aliphatic rings. The second kappa shape index (κ2) is 10.2. The molecule has 0 atom stereocenters. The zero-order valence-electron chi connectivity index (χ0n) is 15.8. The number of hydrazone groups is 1. The van der Waals surface area contributed by atoms with Crippen LogP contribution in [0.1, 0.15) is 11.1 Å². The molecule has 0 aliphatic carbocycles. The molecule has 0 fully saturated rings. The number of hydrogen-bond acceptors (Lipinski definition) is 4. The first-order valence-electron chi connectivity index (χ1n) is 8.85. The summed E-state index contributed by atoms with van der Waals surface area (Å²) in [6, 6.07) is 21.4. The molecular formula is C22H20FN3O2S. The quantitative estimate of drug-likeness (QED) is 0.336. The summed E-state index contributed by atoms with van der Waals surface area (Å²) in [6.07, 6.45) is 1.61. The van der Waals surface area contributed by atoms with Crippen LogP contribution in [-0.2, 0) is 6.61 Å². The molecule has 3 aromatic rings. The van der Waals surface area contributed by atoms with Crippen molar-refractivity contribution in [2.75, 3.05) is 12.4 Å². The van der Waals surface area contributed by atoms with Crippen molar-refractivity contribution in [3.63, 3.8) is 0 Å². The van der Waals surface area contributed by atoms with Crippen LogP contribution in [0.4, 0.5) is 10.1 Å². The van der Waals surface area contributed by atoms with Crippen molar-refractivity contribution >= 4 is 29.2 Å². The van der Waals surface area contributed by atoms with Crippen molar-refractivity contribution in [1.82, 2.24) is 5.43 Å². The van der Waals surface area contributed by atoms with Gasteiger partial charge < -0.3 is 14.8 Å². The minimum absolute atomic E-state index is 0.109. The summed E-state index contributed by atoms with van der Waals surface area (Å²) in [5.41, 5.74) is 4.90. The molecule has 0 aliphatic heterocycles. The molecule has 0 saturated carbocycles. The maximum absolute atomic E-state index is 13.7. The van der Waals surface area contributed by atoms with E-state index < -0.39 is 0 Å². The SMILES string of the molecule is COc1cc(/C=N/NC(=S)Nc2ccccc2)ccc1OCc1ccccc1F. The molecule has 148 valence electrons. The van der Waals surface area contributed by atoms with Gasteiger partial charge in [-0.3, -0.25) is 5.43 Å². The van der Waals surface area contributed by atoms with Gasteiger partial charge in [0.2, 0.25) is 0 Å². The third-order valence-electron chi connectivity index (χ3n) is 3.94. The van der Waals surface area contributed by atoms with Gasteiger partial charge in [-0.25, -0.2) is 4.39 Å².